The lowest BCUT2D eigenvalue weighted by molar-refractivity contribution is -0.149. The highest BCUT2D eigenvalue weighted by Crippen LogP contribution is 2.33. The zero-order valence-electron chi connectivity index (χ0n) is 55.4. The van der Waals surface area contributed by atoms with Gasteiger partial charge in [-0.1, -0.05) is 61.7 Å². The van der Waals surface area contributed by atoms with Crippen LogP contribution in [-0.4, -0.2) is 129 Å². The minimum absolute atomic E-state index is 0.0229. The molecule has 24 heteroatoms. The number of nitrogens with two attached hydrogens (primary N) is 3. The number of fused-ring (bicyclic) bond motifs is 1. The van der Waals surface area contributed by atoms with Gasteiger partial charge in [0.15, 0.2) is 0 Å². The van der Waals surface area contributed by atoms with Crippen molar-refractivity contribution in [2.45, 2.75) is 226 Å². The summed E-state index contributed by atoms with van der Waals surface area (Å²) in [7, 11) is 0. The van der Waals surface area contributed by atoms with E-state index in [-0.39, 0.29) is 64.0 Å². The molecule has 0 saturated carbocycles. The number of para-hydroxylation sites is 1. The summed E-state index contributed by atoms with van der Waals surface area (Å²) in [4.78, 5) is 122. The van der Waals surface area contributed by atoms with E-state index in [1.54, 1.807) is 138 Å². The number of aliphatic imine (C=N–C) groups is 1. The molecule has 4 rings (SSSR count). The van der Waals surface area contributed by atoms with E-state index in [0.717, 1.165) is 15.8 Å². The number of nitrogens with zero attached hydrogens (tertiary/aromatic N) is 2. The number of guanidine groups is 1. The van der Waals surface area contributed by atoms with Crippen molar-refractivity contribution in [3.05, 3.63) is 95.7 Å². The lowest BCUT2D eigenvalue weighted by atomic mass is 9.81. The number of carbonyl (C=O) groups is 8. The Morgan fingerprint density at radius 2 is 1.16 bits per heavy atom. The molecule has 0 saturated heterocycles. The molecule has 496 valence electrons. The summed E-state index contributed by atoms with van der Waals surface area (Å²) in [6, 6.07) is 16.7. The van der Waals surface area contributed by atoms with Gasteiger partial charge in [0.1, 0.15) is 51.4 Å². The van der Waals surface area contributed by atoms with Crippen LogP contribution in [0.1, 0.15) is 172 Å². The fourth-order valence-corrected chi connectivity index (χ4v) is 9.42. The third kappa shape index (κ3) is 26.3. The predicted octanol–water partition coefficient (Wildman–Crippen LogP) is 9.29. The van der Waals surface area contributed by atoms with Crippen molar-refractivity contribution in [1.82, 2.24) is 36.5 Å². The van der Waals surface area contributed by atoms with Crippen molar-refractivity contribution in [2.75, 3.05) is 18.8 Å². The van der Waals surface area contributed by atoms with E-state index < -0.39 is 99.7 Å². The summed E-state index contributed by atoms with van der Waals surface area (Å²) >= 11 is 0. The molecular formula is C66H99N11O13. The topological polar surface area (TPSA) is 352 Å². The number of alkyl carbamates (subject to hydrolysis) is 3. The minimum atomic E-state index is -2.23. The van der Waals surface area contributed by atoms with Gasteiger partial charge in [0, 0.05) is 48.7 Å². The van der Waals surface area contributed by atoms with Crippen molar-refractivity contribution < 1.29 is 62.0 Å². The van der Waals surface area contributed by atoms with E-state index in [1.165, 1.54) is 0 Å². The zero-order chi connectivity index (χ0) is 67.4. The fourth-order valence-electron chi connectivity index (χ4n) is 9.42. The minimum Gasteiger partial charge on any atom is -0.488 e. The number of hydrogen-bond acceptors (Lipinski definition) is 16. The Bertz CT molecular complexity index is 3060. The Hall–Kier alpha value is -8.41. The number of anilines is 1. The van der Waals surface area contributed by atoms with Crippen LogP contribution in [0.3, 0.4) is 0 Å². The lowest BCUT2D eigenvalue weighted by Gasteiger charge is -2.43. The van der Waals surface area contributed by atoms with Crippen LogP contribution in [0.4, 0.5) is 24.9 Å². The molecule has 3 aromatic carbocycles. The zero-order valence-corrected chi connectivity index (χ0v) is 55.4. The number of rotatable bonds is 26. The normalized spacial score (nSPS) is 13.6. The highest BCUT2D eigenvalue weighted by Gasteiger charge is 2.52. The number of H-pyrrole nitrogens is 1. The first-order valence-electron chi connectivity index (χ1n) is 30.6. The molecule has 12 N–H and O–H groups in total. The van der Waals surface area contributed by atoms with Crippen molar-refractivity contribution >= 4 is 70.6 Å². The molecule has 0 bridgehead atoms. The van der Waals surface area contributed by atoms with Gasteiger partial charge in [0.05, 0.1) is 6.04 Å². The van der Waals surface area contributed by atoms with E-state index in [2.05, 4.69) is 36.6 Å². The number of hydrogen-bond donors (Lipinski definition) is 9. The summed E-state index contributed by atoms with van der Waals surface area (Å²) < 4.78 is 28.3. The van der Waals surface area contributed by atoms with Crippen LogP contribution in [0.2, 0.25) is 0 Å². The second kappa shape index (κ2) is 32.4. The number of aromatic amines is 1. The van der Waals surface area contributed by atoms with Gasteiger partial charge in [0.2, 0.25) is 29.6 Å². The average molecular weight is 1250 g/mol. The van der Waals surface area contributed by atoms with Gasteiger partial charge in [-0.25, -0.2) is 24.1 Å². The average Bonchev–Trinajstić information content (AvgIpc) is 1.09. The number of nitrogens with one attached hydrogen (secondary N) is 6. The molecule has 1 heterocycles. The van der Waals surface area contributed by atoms with Gasteiger partial charge in [0.25, 0.3) is 0 Å². The molecule has 8 amide bonds. The fraction of sp³-hybridized carbons (Fsp3) is 0.561. The van der Waals surface area contributed by atoms with E-state index in [4.69, 9.17) is 40.9 Å². The molecule has 0 unspecified atom stereocenters. The third-order valence-corrected chi connectivity index (χ3v) is 13.2. The molecule has 0 aliphatic heterocycles. The van der Waals surface area contributed by atoms with Crippen LogP contribution >= 0.6 is 0 Å². The molecular weight excluding hydrogens is 1150 g/mol. The number of ether oxygens (including phenoxy) is 5. The first-order chi connectivity index (χ1) is 41.7. The predicted molar refractivity (Wildman–Crippen MR) is 346 cm³/mol. The number of aromatic nitrogens is 1. The summed E-state index contributed by atoms with van der Waals surface area (Å²) in [6.07, 6.45) is -0.809. The highest BCUT2D eigenvalue weighted by molar-refractivity contribution is 6.04. The van der Waals surface area contributed by atoms with E-state index in [9.17, 15) is 19.2 Å². The van der Waals surface area contributed by atoms with Crippen LogP contribution in [0, 0.1) is 0 Å². The van der Waals surface area contributed by atoms with Crippen molar-refractivity contribution in [3.63, 3.8) is 0 Å². The van der Waals surface area contributed by atoms with Crippen LogP contribution in [0.15, 0.2) is 84.0 Å². The van der Waals surface area contributed by atoms with Crippen LogP contribution in [0.25, 0.3) is 10.9 Å². The van der Waals surface area contributed by atoms with Crippen molar-refractivity contribution in [3.8, 4) is 5.75 Å². The molecule has 1 aromatic heterocycles. The molecule has 0 aliphatic rings. The van der Waals surface area contributed by atoms with E-state index in [0.29, 0.717) is 53.8 Å². The van der Waals surface area contributed by atoms with E-state index >= 15 is 19.2 Å². The highest BCUT2D eigenvalue weighted by atomic mass is 16.6. The Morgan fingerprint density at radius 3 is 1.72 bits per heavy atom. The van der Waals surface area contributed by atoms with Crippen LogP contribution in [-0.2, 0) is 57.4 Å². The molecule has 0 fully saturated rings. The monoisotopic (exact) mass is 1250 g/mol. The maximum atomic E-state index is 16.3. The van der Waals surface area contributed by atoms with Gasteiger partial charge >= 0.3 is 24.4 Å². The summed E-state index contributed by atoms with van der Waals surface area (Å²) in [6.45, 7) is 26.0. The van der Waals surface area contributed by atoms with Gasteiger partial charge in [-0.15, -0.1) is 0 Å². The van der Waals surface area contributed by atoms with Gasteiger partial charge in [-0.3, -0.25) is 34.8 Å². The number of benzene rings is 3. The number of primary amides is 1. The smallest absolute Gasteiger partial charge is 0.418 e. The first-order valence-corrected chi connectivity index (χ1v) is 30.6. The standard InChI is InChI=1S/C66H99N11O13/c1-61(2,3)86-46-33-29-42(30-34-46)38-48(68)54(80)77(60(85)90-65(13,14)15)66(40-43-27-31-45(67)32-28-43,35-21-16-17-22-36-70-56(75-58(83)88-63(7,8)9)76-59(84)89-64(10,11)12)55(81)74-50(26-20-23-37-71-57(82)87-62(4,5)6)53(79)73-51(52(69)78)39-44-41-72-49-25-19-18-24-47(44)49/h18-19,24-25,27-34,41,48,50-51,72H,16-17,20-23,26,35-40,67-68H2,1-15H3,(H2,69,78)(H,71,82)(H,73,79)(H,74,81)(H2,70,75,76,83,84)/t48-,50-,51-,66-/m0/s1. The molecule has 90 heavy (non-hydrogen) atoms. The molecule has 0 aliphatic carbocycles. The lowest BCUT2D eigenvalue weighted by Crippen LogP contribution is -2.68. The van der Waals surface area contributed by atoms with Gasteiger partial charge in [-0.05, 0) is 189 Å². The number of amides is 8. The maximum Gasteiger partial charge on any atom is 0.418 e. The molecule has 4 aromatic rings. The molecule has 24 nitrogen and oxygen atoms in total. The van der Waals surface area contributed by atoms with Crippen molar-refractivity contribution in [1.29, 1.82) is 0 Å². The van der Waals surface area contributed by atoms with Gasteiger partial charge in [-0.2, -0.15) is 0 Å². The number of carbonyl (C=O) groups excluding carboxylic acids is 8. The molecule has 0 radical (unpaired) electrons. The second-order valence-corrected chi connectivity index (χ2v) is 27.4. The Morgan fingerprint density at radius 1 is 0.600 bits per heavy atom. The Kier molecular flexibility index (Phi) is 26.6. The third-order valence-electron chi connectivity index (χ3n) is 13.2. The van der Waals surface area contributed by atoms with Crippen molar-refractivity contribution in [2.24, 2.45) is 16.5 Å². The SMILES string of the molecule is CC(C)(C)OC(=O)NCCCC[C@H](NC(=O)[C@](CCCCCCN=C(NC(=O)OC(C)(C)C)NC(=O)OC(C)(C)C)(Cc1ccc(N)cc1)N(C(=O)OC(C)(C)C)C(=O)[C@@H](N)Cc1ccc(OC(C)(C)C)cc1)C(=O)N[C@@H](Cc1c[nH]c2ccccc12)C(N)=O. The van der Waals surface area contributed by atoms with E-state index in [1.807, 2.05) is 45.0 Å². The van der Waals surface area contributed by atoms with Crippen LogP contribution < -0.4 is 48.5 Å². The maximum absolute atomic E-state index is 16.3. The van der Waals surface area contributed by atoms with Crippen LogP contribution in [0.5, 0.6) is 5.75 Å². The summed E-state index contributed by atoms with van der Waals surface area (Å²) in [5, 5.41) is 14.2. The largest absolute Gasteiger partial charge is 0.488 e. The number of unbranched alkanes of at least 4 members (excludes halogenated alkanes) is 4. The summed E-state index contributed by atoms with van der Waals surface area (Å²) in [5.74, 6) is -3.21. The van der Waals surface area contributed by atoms with Gasteiger partial charge < -0.3 is 61.8 Å². The quantitative estimate of drug-likeness (QED) is 0.00929. The summed E-state index contributed by atoms with van der Waals surface area (Å²) in [5.41, 5.74) is 15.6. The first kappa shape index (κ1) is 74.1. The number of nitrogen functional groups attached to an aromatic ring is 1. The number of imide groups is 1. The molecule has 0 spiro atoms. The molecule has 4 atom stereocenters. The Labute approximate surface area is 530 Å². The second-order valence-electron chi connectivity index (χ2n) is 27.4. The Balaban J connectivity index is 1.87.